The normalized spacial score (nSPS) is 13.4. The molecule has 2 aromatic rings. The zero-order valence-corrected chi connectivity index (χ0v) is 14.8. The van der Waals surface area contributed by atoms with Crippen molar-refractivity contribution < 1.29 is 0 Å². The fourth-order valence-electron chi connectivity index (χ4n) is 1.91. The molecule has 1 aromatic carbocycles. The standard InChI is InChI=1S/C16H21BrN2S/c1-11(12-7-5-6-8-13(12)17)18-9-15-19-14(10-20-15)16(2,3)4/h5-8,10-11,18H,9H2,1-4H3/t11-/m1/s1. The molecule has 0 saturated heterocycles. The first kappa shape index (κ1) is 15.7. The Bertz CT molecular complexity index is 572. The van der Waals surface area contributed by atoms with Crippen molar-refractivity contribution in [3.05, 3.63) is 50.4 Å². The Morgan fingerprint density at radius 3 is 2.60 bits per heavy atom. The molecule has 0 fully saturated rings. The van der Waals surface area contributed by atoms with E-state index in [1.807, 2.05) is 6.07 Å². The Morgan fingerprint density at radius 1 is 1.30 bits per heavy atom. The Morgan fingerprint density at radius 2 is 2.00 bits per heavy atom. The van der Waals surface area contributed by atoms with E-state index in [1.54, 1.807) is 11.3 Å². The van der Waals surface area contributed by atoms with Crippen molar-refractivity contribution in [2.24, 2.45) is 0 Å². The third-order valence-electron chi connectivity index (χ3n) is 3.25. The van der Waals surface area contributed by atoms with Crippen molar-refractivity contribution in [2.75, 3.05) is 0 Å². The summed E-state index contributed by atoms with van der Waals surface area (Å²) in [6.07, 6.45) is 0. The second-order valence-electron chi connectivity index (χ2n) is 6.00. The van der Waals surface area contributed by atoms with Gasteiger partial charge in [0.15, 0.2) is 0 Å². The average Bonchev–Trinajstić information content (AvgIpc) is 2.85. The molecule has 4 heteroatoms. The second-order valence-corrected chi connectivity index (χ2v) is 7.80. The van der Waals surface area contributed by atoms with Crippen molar-refractivity contribution in [1.82, 2.24) is 10.3 Å². The van der Waals surface area contributed by atoms with Gasteiger partial charge in [0.1, 0.15) is 5.01 Å². The largest absolute Gasteiger partial charge is 0.304 e. The van der Waals surface area contributed by atoms with Crippen molar-refractivity contribution in [3.63, 3.8) is 0 Å². The van der Waals surface area contributed by atoms with E-state index in [0.29, 0.717) is 6.04 Å². The molecule has 0 radical (unpaired) electrons. The topological polar surface area (TPSA) is 24.9 Å². The average molecular weight is 353 g/mol. The first-order valence-corrected chi connectivity index (χ1v) is 8.48. The number of thiazole rings is 1. The monoisotopic (exact) mass is 352 g/mol. The van der Waals surface area contributed by atoms with Gasteiger partial charge >= 0.3 is 0 Å². The van der Waals surface area contributed by atoms with Crippen molar-refractivity contribution in [3.8, 4) is 0 Å². The molecule has 0 aliphatic rings. The maximum atomic E-state index is 4.71. The van der Waals surface area contributed by atoms with Gasteiger partial charge < -0.3 is 5.32 Å². The van der Waals surface area contributed by atoms with E-state index in [4.69, 9.17) is 4.98 Å². The lowest BCUT2D eigenvalue weighted by Crippen LogP contribution is -2.19. The number of nitrogens with one attached hydrogen (secondary N) is 1. The lowest BCUT2D eigenvalue weighted by atomic mass is 9.93. The van der Waals surface area contributed by atoms with E-state index in [2.05, 4.69) is 72.5 Å². The maximum Gasteiger partial charge on any atom is 0.107 e. The van der Waals surface area contributed by atoms with Crippen LogP contribution in [0.4, 0.5) is 0 Å². The molecule has 0 amide bonds. The Labute approximate surface area is 133 Å². The van der Waals surface area contributed by atoms with Gasteiger partial charge in [0.25, 0.3) is 0 Å². The second kappa shape index (κ2) is 6.37. The van der Waals surface area contributed by atoms with Crippen LogP contribution in [0.1, 0.15) is 50.0 Å². The van der Waals surface area contributed by atoms with E-state index < -0.39 is 0 Å². The maximum absolute atomic E-state index is 4.71. The summed E-state index contributed by atoms with van der Waals surface area (Å²) in [4.78, 5) is 4.71. The van der Waals surface area contributed by atoms with Gasteiger partial charge in [-0.05, 0) is 18.6 Å². The third-order valence-corrected chi connectivity index (χ3v) is 4.82. The summed E-state index contributed by atoms with van der Waals surface area (Å²) in [7, 11) is 0. The number of aromatic nitrogens is 1. The summed E-state index contributed by atoms with van der Waals surface area (Å²) < 4.78 is 1.15. The summed E-state index contributed by atoms with van der Waals surface area (Å²) >= 11 is 5.33. The Kier molecular flexibility index (Phi) is 4.99. The predicted molar refractivity (Wildman–Crippen MR) is 90.2 cm³/mol. The third kappa shape index (κ3) is 3.90. The van der Waals surface area contributed by atoms with Crippen LogP contribution in [0.2, 0.25) is 0 Å². The fourth-order valence-corrected chi connectivity index (χ4v) is 3.51. The lowest BCUT2D eigenvalue weighted by molar-refractivity contribution is 0.553. The summed E-state index contributed by atoms with van der Waals surface area (Å²) in [6.45, 7) is 9.58. The molecular weight excluding hydrogens is 332 g/mol. The van der Waals surface area contributed by atoms with Crippen molar-refractivity contribution in [1.29, 1.82) is 0 Å². The highest BCUT2D eigenvalue weighted by molar-refractivity contribution is 9.10. The van der Waals surface area contributed by atoms with Gasteiger partial charge in [0.2, 0.25) is 0 Å². The van der Waals surface area contributed by atoms with Gasteiger partial charge in [-0.15, -0.1) is 11.3 Å². The van der Waals surface area contributed by atoms with E-state index in [-0.39, 0.29) is 5.41 Å². The van der Waals surface area contributed by atoms with Gasteiger partial charge in [0.05, 0.1) is 5.69 Å². The zero-order chi connectivity index (χ0) is 14.8. The number of rotatable bonds is 4. The molecule has 20 heavy (non-hydrogen) atoms. The Balaban J connectivity index is 1.99. The molecule has 1 N–H and O–H groups in total. The summed E-state index contributed by atoms with van der Waals surface area (Å²) in [6, 6.07) is 8.63. The molecule has 0 spiro atoms. The van der Waals surface area contributed by atoms with E-state index in [0.717, 1.165) is 16.0 Å². The van der Waals surface area contributed by atoms with Crippen LogP contribution >= 0.6 is 27.3 Å². The van der Waals surface area contributed by atoms with Gasteiger partial charge in [-0.25, -0.2) is 4.98 Å². The highest BCUT2D eigenvalue weighted by atomic mass is 79.9. The minimum absolute atomic E-state index is 0.128. The summed E-state index contributed by atoms with van der Waals surface area (Å²) in [5.41, 5.74) is 2.58. The molecule has 0 bridgehead atoms. The van der Waals surface area contributed by atoms with Crippen LogP contribution in [0.15, 0.2) is 34.1 Å². The molecule has 1 atom stereocenters. The smallest absolute Gasteiger partial charge is 0.107 e. The number of hydrogen-bond donors (Lipinski definition) is 1. The van der Waals surface area contributed by atoms with Crippen molar-refractivity contribution in [2.45, 2.75) is 45.7 Å². The predicted octanol–water partition coefficient (Wildman–Crippen LogP) is 5.05. The van der Waals surface area contributed by atoms with Crippen LogP contribution in [0.25, 0.3) is 0 Å². The molecular formula is C16H21BrN2S. The van der Waals surface area contributed by atoms with Crippen molar-refractivity contribution >= 4 is 27.3 Å². The quantitative estimate of drug-likeness (QED) is 0.832. The van der Waals surface area contributed by atoms with E-state index in [1.165, 1.54) is 11.3 Å². The molecule has 1 heterocycles. The van der Waals surface area contributed by atoms with Crippen LogP contribution in [-0.2, 0) is 12.0 Å². The SMILES string of the molecule is C[C@@H](NCc1nc(C(C)(C)C)cs1)c1ccccc1Br. The number of hydrogen-bond acceptors (Lipinski definition) is 3. The van der Waals surface area contributed by atoms with Crippen LogP contribution in [0.3, 0.4) is 0 Å². The first-order chi connectivity index (χ1) is 9.38. The van der Waals surface area contributed by atoms with Crippen LogP contribution in [0, 0.1) is 0 Å². The molecule has 0 aliphatic heterocycles. The number of halogens is 1. The molecule has 0 aliphatic carbocycles. The molecule has 1 aromatic heterocycles. The van der Waals surface area contributed by atoms with Gasteiger partial charge in [-0.3, -0.25) is 0 Å². The molecule has 2 nitrogen and oxygen atoms in total. The minimum atomic E-state index is 0.128. The highest BCUT2D eigenvalue weighted by Gasteiger charge is 2.17. The minimum Gasteiger partial charge on any atom is -0.304 e. The molecule has 2 rings (SSSR count). The first-order valence-electron chi connectivity index (χ1n) is 6.80. The number of nitrogens with zero attached hydrogens (tertiary/aromatic N) is 1. The van der Waals surface area contributed by atoms with Crippen LogP contribution < -0.4 is 5.32 Å². The van der Waals surface area contributed by atoms with E-state index >= 15 is 0 Å². The number of benzene rings is 1. The van der Waals surface area contributed by atoms with Crippen LogP contribution in [-0.4, -0.2) is 4.98 Å². The highest BCUT2D eigenvalue weighted by Crippen LogP contribution is 2.25. The summed E-state index contributed by atoms with van der Waals surface area (Å²) in [5, 5.41) is 6.85. The zero-order valence-electron chi connectivity index (χ0n) is 12.4. The van der Waals surface area contributed by atoms with Gasteiger partial charge in [0, 0.05) is 27.9 Å². The Hall–Kier alpha value is -0.710. The van der Waals surface area contributed by atoms with Gasteiger partial charge in [-0.2, -0.15) is 0 Å². The van der Waals surface area contributed by atoms with E-state index in [9.17, 15) is 0 Å². The molecule has 0 saturated carbocycles. The molecule has 108 valence electrons. The lowest BCUT2D eigenvalue weighted by Gasteiger charge is -2.15. The van der Waals surface area contributed by atoms with Crippen LogP contribution in [0.5, 0.6) is 0 Å². The fraction of sp³-hybridized carbons (Fsp3) is 0.438. The van der Waals surface area contributed by atoms with Gasteiger partial charge in [-0.1, -0.05) is 54.9 Å². The summed E-state index contributed by atoms with van der Waals surface area (Å²) in [5.74, 6) is 0. The molecule has 0 unspecified atom stereocenters.